The van der Waals surface area contributed by atoms with E-state index >= 15 is 0 Å². The molecule has 0 N–H and O–H groups in total. The highest BCUT2D eigenvalue weighted by Gasteiger charge is 1.99. The topological polar surface area (TPSA) is 0 Å². The van der Waals surface area contributed by atoms with Crippen LogP contribution in [0.2, 0.25) is 0 Å². The predicted molar refractivity (Wildman–Crippen MR) is 71.2 cm³/mol. The highest BCUT2D eigenvalue weighted by Crippen LogP contribution is 2.16. The van der Waals surface area contributed by atoms with E-state index in [0.717, 1.165) is 11.8 Å². The van der Waals surface area contributed by atoms with Gasteiger partial charge in [0.15, 0.2) is 0 Å². The van der Waals surface area contributed by atoms with Crippen molar-refractivity contribution < 1.29 is 0 Å². The lowest BCUT2D eigenvalue weighted by Gasteiger charge is -2.09. The van der Waals surface area contributed by atoms with Crippen LogP contribution in [0, 0.1) is 11.8 Å². The van der Waals surface area contributed by atoms with Gasteiger partial charge in [-0.3, -0.25) is 0 Å². The van der Waals surface area contributed by atoms with Crippen LogP contribution in [0.25, 0.3) is 0 Å². The molecule has 92 valence electrons. The lowest BCUT2D eigenvalue weighted by Crippen LogP contribution is -1.93. The van der Waals surface area contributed by atoms with Crippen LogP contribution in [-0.2, 0) is 0 Å². The van der Waals surface area contributed by atoms with E-state index in [-0.39, 0.29) is 0 Å². The van der Waals surface area contributed by atoms with Gasteiger partial charge >= 0.3 is 0 Å². The Morgan fingerprint density at radius 3 is 1.27 bits per heavy atom. The molecule has 0 amide bonds. The highest BCUT2D eigenvalue weighted by atomic mass is 14.1. The fourth-order valence-corrected chi connectivity index (χ4v) is 1.92. The molecule has 0 aromatic rings. The number of hydrogen-bond acceptors (Lipinski definition) is 0. The lowest BCUT2D eigenvalue weighted by atomic mass is 9.98. The molecular weight excluding hydrogens is 180 g/mol. The van der Waals surface area contributed by atoms with E-state index in [1.807, 2.05) is 0 Å². The Morgan fingerprint density at radius 1 is 0.600 bits per heavy atom. The molecule has 0 radical (unpaired) electrons. The fourth-order valence-electron chi connectivity index (χ4n) is 1.92. The Morgan fingerprint density at radius 2 is 0.933 bits per heavy atom. The van der Waals surface area contributed by atoms with Crippen LogP contribution in [0.1, 0.15) is 85.5 Å². The smallest absolute Gasteiger partial charge is 0.0445 e. The van der Waals surface area contributed by atoms with Crippen LogP contribution in [-0.4, -0.2) is 0 Å². The van der Waals surface area contributed by atoms with E-state index in [1.165, 1.54) is 57.8 Å². The van der Waals surface area contributed by atoms with Crippen molar-refractivity contribution >= 4 is 0 Å². The Hall–Kier alpha value is 0. The molecule has 0 aliphatic carbocycles. The summed E-state index contributed by atoms with van der Waals surface area (Å²) in [6.07, 6.45) is 12.9. The minimum absolute atomic E-state index is 0.949. The van der Waals surface area contributed by atoms with Gasteiger partial charge in [-0.1, -0.05) is 85.5 Å². The Kier molecular flexibility index (Phi) is 10.5. The summed E-state index contributed by atoms with van der Waals surface area (Å²) in [5.74, 6) is 1.90. The number of rotatable bonds is 10. The average molecular weight is 212 g/mol. The highest BCUT2D eigenvalue weighted by molar-refractivity contribution is 4.53. The SMILES string of the molecule is CCC(C)CCCCCCCC(C)CC. The third kappa shape index (κ3) is 10.3. The first kappa shape index (κ1) is 15.0. The van der Waals surface area contributed by atoms with Gasteiger partial charge in [-0.25, -0.2) is 0 Å². The molecule has 0 aliphatic rings. The van der Waals surface area contributed by atoms with E-state index in [1.54, 1.807) is 0 Å². The van der Waals surface area contributed by atoms with Gasteiger partial charge in [0.05, 0.1) is 0 Å². The number of unbranched alkanes of at least 4 members (excludes halogenated alkanes) is 4. The first-order valence-electron chi connectivity index (χ1n) is 7.20. The summed E-state index contributed by atoms with van der Waals surface area (Å²) in [6, 6.07) is 0. The first-order valence-corrected chi connectivity index (χ1v) is 7.20. The van der Waals surface area contributed by atoms with Gasteiger partial charge < -0.3 is 0 Å². The monoisotopic (exact) mass is 212 g/mol. The molecular formula is C15H32. The summed E-state index contributed by atoms with van der Waals surface area (Å²) < 4.78 is 0. The van der Waals surface area contributed by atoms with Crippen LogP contribution < -0.4 is 0 Å². The second-order valence-corrected chi connectivity index (χ2v) is 5.37. The zero-order valence-electron chi connectivity index (χ0n) is 11.5. The molecule has 0 nitrogen and oxygen atoms in total. The normalized spacial score (nSPS) is 15.2. The Bertz CT molecular complexity index is 103. The van der Waals surface area contributed by atoms with Crippen LogP contribution in [0.15, 0.2) is 0 Å². The minimum atomic E-state index is 0.949. The minimum Gasteiger partial charge on any atom is -0.0651 e. The zero-order valence-corrected chi connectivity index (χ0v) is 11.5. The quantitative estimate of drug-likeness (QED) is 0.401. The van der Waals surface area contributed by atoms with E-state index in [9.17, 15) is 0 Å². The second-order valence-electron chi connectivity index (χ2n) is 5.37. The van der Waals surface area contributed by atoms with Gasteiger partial charge in [-0.2, -0.15) is 0 Å². The molecule has 0 bridgehead atoms. The van der Waals surface area contributed by atoms with Crippen molar-refractivity contribution in [3.63, 3.8) is 0 Å². The predicted octanol–water partition coefficient (Wildman–Crippen LogP) is 5.81. The molecule has 0 rings (SSSR count). The average Bonchev–Trinajstić information content (AvgIpc) is 2.26. The van der Waals surface area contributed by atoms with Crippen molar-refractivity contribution in [1.82, 2.24) is 0 Å². The van der Waals surface area contributed by atoms with Crippen molar-refractivity contribution in [3.05, 3.63) is 0 Å². The maximum absolute atomic E-state index is 2.38. The molecule has 0 spiro atoms. The molecule has 0 fully saturated rings. The fraction of sp³-hybridized carbons (Fsp3) is 1.00. The maximum Gasteiger partial charge on any atom is -0.0445 e. The van der Waals surface area contributed by atoms with Gasteiger partial charge in [-0.05, 0) is 11.8 Å². The number of hydrogen-bond donors (Lipinski definition) is 0. The van der Waals surface area contributed by atoms with Gasteiger partial charge in [0, 0.05) is 0 Å². The van der Waals surface area contributed by atoms with Gasteiger partial charge in [0.25, 0.3) is 0 Å². The zero-order chi connectivity index (χ0) is 11.5. The van der Waals surface area contributed by atoms with Crippen LogP contribution >= 0.6 is 0 Å². The standard InChI is InChI=1S/C15H32/c1-5-14(3)12-10-8-7-9-11-13-15(4)6-2/h14-15H,5-13H2,1-4H3. The Labute approximate surface area is 97.8 Å². The summed E-state index contributed by atoms with van der Waals surface area (Å²) in [7, 11) is 0. The van der Waals surface area contributed by atoms with E-state index < -0.39 is 0 Å². The molecule has 0 aromatic carbocycles. The molecule has 2 unspecified atom stereocenters. The summed E-state index contributed by atoms with van der Waals surface area (Å²) >= 11 is 0. The van der Waals surface area contributed by atoms with Crippen molar-refractivity contribution in [2.45, 2.75) is 85.5 Å². The molecule has 0 saturated carbocycles. The van der Waals surface area contributed by atoms with Crippen LogP contribution in [0.3, 0.4) is 0 Å². The van der Waals surface area contributed by atoms with Crippen LogP contribution in [0.4, 0.5) is 0 Å². The van der Waals surface area contributed by atoms with Crippen molar-refractivity contribution in [3.8, 4) is 0 Å². The van der Waals surface area contributed by atoms with E-state index in [0.29, 0.717) is 0 Å². The first-order chi connectivity index (χ1) is 7.20. The van der Waals surface area contributed by atoms with E-state index in [4.69, 9.17) is 0 Å². The van der Waals surface area contributed by atoms with Gasteiger partial charge in [0.1, 0.15) is 0 Å². The molecule has 0 aliphatic heterocycles. The van der Waals surface area contributed by atoms with Crippen molar-refractivity contribution in [1.29, 1.82) is 0 Å². The molecule has 15 heavy (non-hydrogen) atoms. The summed E-state index contributed by atoms with van der Waals surface area (Å²) in [6.45, 7) is 9.36. The van der Waals surface area contributed by atoms with E-state index in [2.05, 4.69) is 27.7 Å². The third-order valence-electron chi connectivity index (χ3n) is 3.79. The van der Waals surface area contributed by atoms with Crippen LogP contribution in [0.5, 0.6) is 0 Å². The Balaban J connectivity index is 3.05. The van der Waals surface area contributed by atoms with Crippen molar-refractivity contribution in [2.75, 3.05) is 0 Å². The lowest BCUT2D eigenvalue weighted by molar-refractivity contribution is 0.451. The third-order valence-corrected chi connectivity index (χ3v) is 3.79. The van der Waals surface area contributed by atoms with Gasteiger partial charge in [0.2, 0.25) is 0 Å². The molecule has 0 aromatic heterocycles. The molecule has 0 heterocycles. The maximum atomic E-state index is 2.38. The summed E-state index contributed by atoms with van der Waals surface area (Å²) in [4.78, 5) is 0. The molecule has 0 heteroatoms. The summed E-state index contributed by atoms with van der Waals surface area (Å²) in [5, 5.41) is 0. The van der Waals surface area contributed by atoms with Gasteiger partial charge in [-0.15, -0.1) is 0 Å². The largest absolute Gasteiger partial charge is 0.0651 e. The second kappa shape index (κ2) is 10.5. The van der Waals surface area contributed by atoms with Crippen molar-refractivity contribution in [2.24, 2.45) is 11.8 Å². The summed E-state index contributed by atoms with van der Waals surface area (Å²) in [5.41, 5.74) is 0. The molecule has 2 atom stereocenters. The molecule has 0 saturated heterocycles.